The second kappa shape index (κ2) is 7.08. The zero-order valence-corrected chi connectivity index (χ0v) is 13.7. The van der Waals surface area contributed by atoms with Gasteiger partial charge in [-0.15, -0.1) is 0 Å². The minimum absolute atomic E-state index is 0.185. The van der Waals surface area contributed by atoms with Crippen LogP contribution in [0.4, 0.5) is 0 Å². The van der Waals surface area contributed by atoms with Gasteiger partial charge in [0, 0.05) is 24.5 Å². The van der Waals surface area contributed by atoms with Gasteiger partial charge < -0.3 is 9.84 Å². The third kappa shape index (κ3) is 3.35. The molecule has 0 aliphatic heterocycles. The average Bonchev–Trinajstić information content (AvgIpc) is 3.02. The molecule has 3 aromatic rings. The van der Waals surface area contributed by atoms with E-state index in [1.807, 2.05) is 24.3 Å². The van der Waals surface area contributed by atoms with Gasteiger partial charge in [-0.05, 0) is 30.5 Å². The van der Waals surface area contributed by atoms with Crippen molar-refractivity contribution in [3.63, 3.8) is 0 Å². The smallest absolute Gasteiger partial charge is 0.257 e. The first kappa shape index (κ1) is 15.9. The second-order valence-corrected chi connectivity index (χ2v) is 5.73. The summed E-state index contributed by atoms with van der Waals surface area (Å²) in [5.74, 6) is 0.534. The zero-order chi connectivity index (χ0) is 16.9. The van der Waals surface area contributed by atoms with Crippen molar-refractivity contribution in [1.29, 1.82) is 0 Å². The molecule has 1 N–H and O–H groups in total. The predicted molar refractivity (Wildman–Crippen MR) is 91.7 cm³/mol. The lowest BCUT2D eigenvalue weighted by Crippen LogP contribution is -2.28. The Kier molecular flexibility index (Phi) is 4.70. The maximum absolute atomic E-state index is 12.6. The fourth-order valence-electron chi connectivity index (χ4n) is 2.57. The second-order valence-electron chi connectivity index (χ2n) is 5.73. The summed E-state index contributed by atoms with van der Waals surface area (Å²) >= 11 is 0. The van der Waals surface area contributed by atoms with Gasteiger partial charge in [0.25, 0.3) is 5.91 Å². The van der Waals surface area contributed by atoms with Crippen molar-refractivity contribution in [1.82, 2.24) is 15.5 Å². The van der Waals surface area contributed by atoms with Gasteiger partial charge in [0.1, 0.15) is 17.0 Å². The van der Waals surface area contributed by atoms with E-state index in [9.17, 15) is 4.79 Å². The van der Waals surface area contributed by atoms with Crippen molar-refractivity contribution in [3.8, 4) is 11.3 Å². The highest BCUT2D eigenvalue weighted by atomic mass is 16.5. The van der Waals surface area contributed by atoms with Gasteiger partial charge in [0.15, 0.2) is 0 Å². The Balaban J connectivity index is 1.75. The Morgan fingerprint density at radius 3 is 2.71 bits per heavy atom. The maximum Gasteiger partial charge on any atom is 0.257 e. The molecule has 2 heterocycles. The van der Waals surface area contributed by atoms with E-state index in [0.29, 0.717) is 23.6 Å². The number of benzene rings is 1. The maximum atomic E-state index is 12.6. The van der Waals surface area contributed by atoms with Gasteiger partial charge in [-0.25, -0.2) is 0 Å². The molecule has 0 saturated heterocycles. The topological polar surface area (TPSA) is 68.0 Å². The van der Waals surface area contributed by atoms with Crippen molar-refractivity contribution in [2.75, 3.05) is 6.54 Å². The Morgan fingerprint density at radius 2 is 2.00 bits per heavy atom. The number of rotatable bonds is 5. The van der Waals surface area contributed by atoms with Gasteiger partial charge in [0.05, 0.1) is 0 Å². The van der Waals surface area contributed by atoms with Gasteiger partial charge in [-0.2, -0.15) is 0 Å². The van der Waals surface area contributed by atoms with Gasteiger partial charge in [-0.1, -0.05) is 42.4 Å². The molecule has 2 aromatic heterocycles. The van der Waals surface area contributed by atoms with Crippen molar-refractivity contribution >= 4 is 5.91 Å². The van der Waals surface area contributed by atoms with Gasteiger partial charge in [-0.3, -0.25) is 9.78 Å². The van der Waals surface area contributed by atoms with Crippen LogP contribution in [0.3, 0.4) is 0 Å². The Morgan fingerprint density at radius 1 is 1.21 bits per heavy atom. The predicted octanol–water partition coefficient (Wildman–Crippen LogP) is 3.58. The van der Waals surface area contributed by atoms with Crippen molar-refractivity contribution in [3.05, 3.63) is 71.7 Å². The minimum atomic E-state index is -0.185. The molecule has 1 aromatic carbocycles. The summed E-state index contributed by atoms with van der Waals surface area (Å²) in [4.78, 5) is 16.7. The number of hydrogen-bond acceptors (Lipinski definition) is 4. The lowest BCUT2D eigenvalue weighted by Gasteiger charge is -2.13. The monoisotopic (exact) mass is 321 g/mol. The van der Waals surface area contributed by atoms with Crippen molar-refractivity contribution in [2.24, 2.45) is 0 Å². The highest BCUT2D eigenvalue weighted by Gasteiger charge is 2.22. The largest absolute Gasteiger partial charge is 0.360 e. The number of aromatic nitrogens is 2. The number of hydrogen-bond donors (Lipinski definition) is 1. The van der Waals surface area contributed by atoms with E-state index < -0.39 is 0 Å². The number of carbonyl (C=O) groups is 1. The van der Waals surface area contributed by atoms with E-state index in [1.165, 1.54) is 5.56 Å². The lowest BCUT2D eigenvalue weighted by molar-refractivity contribution is 0.0950. The molecule has 0 radical (unpaired) electrons. The molecule has 0 spiro atoms. The normalized spacial score (nSPS) is 11.9. The first-order valence-electron chi connectivity index (χ1n) is 7.86. The van der Waals surface area contributed by atoms with Crippen LogP contribution in [0.15, 0.2) is 59.4 Å². The van der Waals surface area contributed by atoms with Crippen LogP contribution in [-0.4, -0.2) is 22.6 Å². The van der Waals surface area contributed by atoms with Gasteiger partial charge in [0.2, 0.25) is 0 Å². The minimum Gasteiger partial charge on any atom is -0.360 e. The molecule has 122 valence electrons. The average molecular weight is 321 g/mol. The lowest BCUT2D eigenvalue weighted by atomic mass is 10.0. The Labute approximate surface area is 140 Å². The summed E-state index contributed by atoms with van der Waals surface area (Å²) in [6.45, 7) is 4.36. The number of nitrogens with one attached hydrogen (secondary N) is 1. The summed E-state index contributed by atoms with van der Waals surface area (Å²) in [5.41, 5.74) is 2.93. The fraction of sp³-hybridized carbons (Fsp3) is 0.211. The van der Waals surface area contributed by atoms with Gasteiger partial charge >= 0.3 is 0 Å². The molecule has 1 unspecified atom stereocenters. The zero-order valence-electron chi connectivity index (χ0n) is 13.7. The van der Waals surface area contributed by atoms with E-state index in [0.717, 1.165) is 5.56 Å². The summed E-state index contributed by atoms with van der Waals surface area (Å²) < 4.78 is 5.22. The van der Waals surface area contributed by atoms with E-state index in [-0.39, 0.29) is 11.8 Å². The van der Waals surface area contributed by atoms with Crippen LogP contribution in [0.1, 0.15) is 34.5 Å². The first-order chi connectivity index (χ1) is 11.7. The fourth-order valence-corrected chi connectivity index (χ4v) is 2.57. The molecular weight excluding hydrogens is 302 g/mol. The van der Waals surface area contributed by atoms with Crippen LogP contribution in [0, 0.1) is 6.92 Å². The molecule has 5 heteroatoms. The Bertz CT molecular complexity index is 813. The number of nitrogens with zero attached hydrogens (tertiary/aromatic N) is 2. The van der Waals surface area contributed by atoms with Crippen molar-refractivity contribution in [2.45, 2.75) is 19.8 Å². The first-order valence-corrected chi connectivity index (χ1v) is 7.86. The third-order valence-electron chi connectivity index (χ3n) is 3.96. The third-order valence-corrected chi connectivity index (χ3v) is 3.96. The van der Waals surface area contributed by atoms with E-state index >= 15 is 0 Å². The molecule has 3 rings (SSSR count). The number of pyridine rings is 1. The standard InChI is InChI=1S/C19H19N3O2/c1-13(15-7-4-3-5-8-15)11-21-19(23)17-14(2)24-22-18(17)16-9-6-10-20-12-16/h3-10,12-13H,11H2,1-2H3,(H,21,23). The number of aryl methyl sites for hydroxylation is 1. The Hall–Kier alpha value is -2.95. The van der Waals surface area contributed by atoms with Crippen LogP contribution in [0.25, 0.3) is 11.3 Å². The van der Waals surface area contributed by atoms with Crippen LogP contribution >= 0.6 is 0 Å². The SMILES string of the molecule is Cc1onc(-c2cccnc2)c1C(=O)NCC(C)c1ccccc1. The van der Waals surface area contributed by atoms with E-state index in [1.54, 1.807) is 25.4 Å². The highest BCUT2D eigenvalue weighted by Crippen LogP contribution is 2.24. The molecule has 1 atom stereocenters. The molecule has 0 fully saturated rings. The van der Waals surface area contributed by atoms with Crippen LogP contribution in [-0.2, 0) is 0 Å². The van der Waals surface area contributed by atoms with Crippen LogP contribution in [0.2, 0.25) is 0 Å². The molecule has 0 aliphatic carbocycles. The van der Waals surface area contributed by atoms with E-state index in [2.05, 4.69) is 34.5 Å². The molecule has 5 nitrogen and oxygen atoms in total. The molecule has 24 heavy (non-hydrogen) atoms. The molecule has 0 saturated carbocycles. The van der Waals surface area contributed by atoms with E-state index in [4.69, 9.17) is 4.52 Å². The molecular formula is C19H19N3O2. The number of amides is 1. The summed E-state index contributed by atoms with van der Waals surface area (Å²) in [6.07, 6.45) is 3.35. The van der Waals surface area contributed by atoms with Crippen LogP contribution in [0.5, 0.6) is 0 Å². The highest BCUT2D eigenvalue weighted by molar-refractivity contribution is 6.00. The molecule has 1 amide bonds. The quantitative estimate of drug-likeness (QED) is 0.780. The summed E-state index contributed by atoms with van der Waals surface area (Å²) in [5, 5.41) is 6.99. The molecule has 0 aliphatic rings. The number of carbonyl (C=O) groups excluding carboxylic acids is 1. The van der Waals surface area contributed by atoms with Crippen LogP contribution < -0.4 is 5.32 Å². The summed E-state index contributed by atoms with van der Waals surface area (Å²) in [7, 11) is 0. The van der Waals surface area contributed by atoms with Crippen molar-refractivity contribution < 1.29 is 9.32 Å². The molecule has 0 bridgehead atoms. The summed E-state index contributed by atoms with van der Waals surface area (Å²) in [6, 6.07) is 13.8.